The van der Waals surface area contributed by atoms with Gasteiger partial charge in [-0.15, -0.1) is 0 Å². The van der Waals surface area contributed by atoms with Crippen molar-refractivity contribution >= 4 is 11.9 Å². The second-order valence-electron chi connectivity index (χ2n) is 8.52. The number of aliphatic imine (C=N–C) groups is 1. The van der Waals surface area contributed by atoms with Crippen molar-refractivity contribution in [1.82, 2.24) is 10.2 Å². The highest BCUT2D eigenvalue weighted by atomic mass is 19.4. The summed E-state index contributed by atoms with van der Waals surface area (Å²) >= 11 is 0. The summed E-state index contributed by atoms with van der Waals surface area (Å²) < 4.78 is 70.2. The molecule has 0 amide bonds. The first-order chi connectivity index (χ1) is 17.6. The van der Waals surface area contributed by atoms with Crippen molar-refractivity contribution < 1.29 is 26.5 Å². The van der Waals surface area contributed by atoms with Crippen LogP contribution in [0.3, 0.4) is 0 Å². The molecule has 0 spiro atoms. The Balaban J connectivity index is 1.42. The minimum absolute atomic E-state index is 0.0377. The molecule has 4 rings (SSSR count). The Morgan fingerprint density at radius 2 is 1.86 bits per heavy atom. The Kier molecular flexibility index (Phi) is 7.66. The van der Waals surface area contributed by atoms with E-state index in [0.29, 0.717) is 29.1 Å². The first-order valence-corrected chi connectivity index (χ1v) is 11.4. The Labute approximate surface area is 210 Å². The first-order valence-electron chi connectivity index (χ1n) is 11.4. The zero-order valence-corrected chi connectivity index (χ0v) is 19.9. The molecule has 3 aromatic rings. The summed E-state index contributed by atoms with van der Waals surface area (Å²) in [6.45, 7) is 5.69. The van der Waals surface area contributed by atoms with E-state index in [9.17, 15) is 22.0 Å². The quantitative estimate of drug-likeness (QED) is 0.236. The second-order valence-corrected chi connectivity index (χ2v) is 8.52. The molecule has 0 atom stereocenters. The van der Waals surface area contributed by atoms with E-state index in [1.807, 2.05) is 0 Å². The summed E-state index contributed by atoms with van der Waals surface area (Å²) in [5.74, 6) is -1.43. The molecule has 0 unspecified atom stereocenters. The molecule has 0 radical (unpaired) electrons. The zero-order chi connectivity index (χ0) is 26.6. The summed E-state index contributed by atoms with van der Waals surface area (Å²) in [7, 11) is 0. The maximum absolute atomic E-state index is 14.1. The molecule has 0 bridgehead atoms. The van der Waals surface area contributed by atoms with E-state index in [4.69, 9.17) is 4.52 Å². The highest BCUT2D eigenvalue weighted by molar-refractivity contribution is 6.00. The zero-order valence-electron chi connectivity index (χ0n) is 19.9. The van der Waals surface area contributed by atoms with Crippen LogP contribution in [-0.2, 0) is 13.0 Å². The van der Waals surface area contributed by atoms with Crippen LogP contribution in [0.4, 0.5) is 22.0 Å². The number of aryl methyl sites for hydroxylation is 1. The third-order valence-electron chi connectivity index (χ3n) is 5.64. The minimum atomic E-state index is -4.15. The summed E-state index contributed by atoms with van der Waals surface area (Å²) in [5, 5.41) is 9.89. The van der Waals surface area contributed by atoms with Crippen LogP contribution in [0.2, 0.25) is 0 Å². The number of rotatable bonds is 8. The molecule has 1 aliphatic heterocycles. The number of hydrogen-bond donors (Lipinski definition) is 0. The lowest BCUT2D eigenvalue weighted by Gasteiger charge is -2.18. The molecule has 1 aliphatic rings. The topological polar surface area (TPSA) is 54.0 Å². The van der Waals surface area contributed by atoms with Crippen LogP contribution in [0.1, 0.15) is 36.7 Å². The van der Waals surface area contributed by atoms with Gasteiger partial charge in [0.1, 0.15) is 12.2 Å². The van der Waals surface area contributed by atoms with Gasteiger partial charge in [-0.25, -0.2) is 8.78 Å². The van der Waals surface area contributed by atoms with Gasteiger partial charge in [0.2, 0.25) is 0 Å². The maximum atomic E-state index is 14.1. The van der Waals surface area contributed by atoms with Gasteiger partial charge in [0.15, 0.2) is 17.4 Å². The molecule has 0 saturated heterocycles. The molecule has 2 aromatic carbocycles. The molecule has 0 fully saturated rings. The van der Waals surface area contributed by atoms with Gasteiger partial charge >= 0.3 is 6.18 Å². The predicted molar refractivity (Wildman–Crippen MR) is 131 cm³/mol. The van der Waals surface area contributed by atoms with Gasteiger partial charge in [-0.2, -0.15) is 18.3 Å². The molecule has 0 aliphatic carbocycles. The third-order valence-corrected chi connectivity index (χ3v) is 5.64. The van der Waals surface area contributed by atoms with Gasteiger partial charge in [0.25, 0.3) is 0 Å². The van der Waals surface area contributed by atoms with Crippen molar-refractivity contribution in [2.45, 2.75) is 38.9 Å². The molecule has 1 aromatic heterocycles. The molecular weight excluding hydrogens is 491 g/mol. The summed E-state index contributed by atoms with van der Waals surface area (Å²) in [4.78, 5) is 4.41. The number of nitrogens with zero attached hydrogens (tertiary/aromatic N) is 4. The summed E-state index contributed by atoms with van der Waals surface area (Å²) in [6, 6.07) is 12.8. The molecule has 37 heavy (non-hydrogen) atoms. The fourth-order valence-corrected chi connectivity index (χ4v) is 3.70. The monoisotopic (exact) mass is 514 g/mol. The average Bonchev–Trinajstić information content (AvgIpc) is 3.31. The van der Waals surface area contributed by atoms with E-state index in [1.54, 1.807) is 48.5 Å². The average molecular weight is 514 g/mol. The number of hydrazone groups is 1. The molecule has 2 heterocycles. The van der Waals surface area contributed by atoms with Crippen molar-refractivity contribution in [2.24, 2.45) is 10.1 Å². The SMILES string of the molecule is C=C1C=NN(Cc2cc(-c3ccc(CCCC(F)(F)F)cc3)no2)C=C1N=C(C)c1cccc(F)c1F. The van der Waals surface area contributed by atoms with Crippen molar-refractivity contribution in [3.05, 3.63) is 101 Å². The summed E-state index contributed by atoms with van der Waals surface area (Å²) in [6.07, 6.45) is -1.47. The van der Waals surface area contributed by atoms with Gasteiger partial charge in [-0.05, 0) is 37.5 Å². The second kappa shape index (κ2) is 10.9. The van der Waals surface area contributed by atoms with Crippen molar-refractivity contribution in [1.29, 1.82) is 0 Å². The highest BCUT2D eigenvalue weighted by Crippen LogP contribution is 2.25. The number of hydrogen-bond acceptors (Lipinski definition) is 5. The molecular formula is C27H23F5N4O. The number of alkyl halides is 3. The van der Waals surface area contributed by atoms with Crippen LogP contribution < -0.4 is 0 Å². The van der Waals surface area contributed by atoms with E-state index in [1.165, 1.54) is 18.3 Å². The lowest BCUT2D eigenvalue weighted by molar-refractivity contribution is -0.135. The largest absolute Gasteiger partial charge is 0.389 e. The van der Waals surface area contributed by atoms with Crippen molar-refractivity contribution in [3.63, 3.8) is 0 Å². The van der Waals surface area contributed by atoms with Crippen LogP contribution in [0.15, 0.2) is 87.2 Å². The third kappa shape index (κ3) is 6.78. The number of benzene rings is 2. The Morgan fingerprint density at radius 3 is 2.59 bits per heavy atom. The van der Waals surface area contributed by atoms with Gasteiger partial charge in [-0.1, -0.05) is 42.1 Å². The Hall–Kier alpha value is -4.08. The molecule has 10 heteroatoms. The van der Waals surface area contributed by atoms with E-state index < -0.39 is 24.2 Å². The molecule has 0 saturated carbocycles. The van der Waals surface area contributed by atoms with E-state index in [-0.39, 0.29) is 24.2 Å². The van der Waals surface area contributed by atoms with Crippen molar-refractivity contribution in [3.8, 4) is 11.3 Å². The lowest BCUT2D eigenvalue weighted by Crippen LogP contribution is -2.15. The standard InChI is InChI=1S/C27H23F5N4O/c1-17-14-33-36(16-25(17)34-18(2)22-6-3-7-23(28)26(22)29)15-21-13-24(35-37-21)20-10-8-19(9-11-20)5-4-12-27(30,31)32/h3,6-11,13-14,16H,1,4-5,12,15H2,2H3. The smallest absolute Gasteiger partial charge is 0.359 e. The van der Waals surface area contributed by atoms with Crippen molar-refractivity contribution in [2.75, 3.05) is 0 Å². The van der Waals surface area contributed by atoms with Crippen LogP contribution in [0.25, 0.3) is 11.3 Å². The Morgan fingerprint density at radius 1 is 1.11 bits per heavy atom. The molecule has 0 N–H and O–H groups in total. The fourth-order valence-electron chi connectivity index (χ4n) is 3.70. The van der Waals surface area contributed by atoms with E-state index in [0.717, 1.165) is 17.2 Å². The number of halogens is 5. The summed E-state index contributed by atoms with van der Waals surface area (Å²) in [5.41, 5.74) is 3.40. The fraction of sp³-hybridized carbons (Fsp3) is 0.222. The molecule has 192 valence electrons. The maximum Gasteiger partial charge on any atom is 0.389 e. The van der Waals surface area contributed by atoms with Crippen LogP contribution in [0.5, 0.6) is 0 Å². The van der Waals surface area contributed by atoms with Gasteiger partial charge in [0.05, 0.1) is 18.1 Å². The highest BCUT2D eigenvalue weighted by Gasteiger charge is 2.26. The van der Waals surface area contributed by atoms with E-state index >= 15 is 0 Å². The number of aromatic nitrogens is 1. The van der Waals surface area contributed by atoms with Crippen LogP contribution in [-0.4, -0.2) is 28.3 Å². The van der Waals surface area contributed by atoms with Gasteiger partial charge in [0, 0.05) is 34.9 Å². The normalized spacial score (nSPS) is 14.3. The predicted octanol–water partition coefficient (Wildman–Crippen LogP) is 7.21. The van der Waals surface area contributed by atoms with Gasteiger partial charge in [-0.3, -0.25) is 10.0 Å². The minimum Gasteiger partial charge on any atom is -0.359 e. The number of allylic oxidation sites excluding steroid dienone is 1. The molecule has 5 nitrogen and oxygen atoms in total. The lowest BCUT2D eigenvalue weighted by atomic mass is 10.0. The van der Waals surface area contributed by atoms with Gasteiger partial charge < -0.3 is 4.52 Å². The Bertz CT molecular complexity index is 1370. The first kappa shape index (κ1) is 26.0. The van der Waals surface area contributed by atoms with Crippen LogP contribution in [0, 0.1) is 11.6 Å². The van der Waals surface area contributed by atoms with E-state index in [2.05, 4.69) is 21.8 Å². The van der Waals surface area contributed by atoms with Crippen LogP contribution >= 0.6 is 0 Å².